The van der Waals surface area contributed by atoms with Crippen LogP contribution in [0.4, 0.5) is 0 Å². The van der Waals surface area contributed by atoms with Crippen LogP contribution in [-0.4, -0.2) is 69.6 Å². The highest BCUT2D eigenvalue weighted by Crippen LogP contribution is 2.21. The van der Waals surface area contributed by atoms with Gasteiger partial charge in [-0.25, -0.2) is 0 Å². The largest absolute Gasteiger partial charge is 0.531 e. The number of rotatable bonds is 18. The fourth-order valence-electron chi connectivity index (χ4n) is 2.63. The van der Waals surface area contributed by atoms with E-state index in [9.17, 15) is 0 Å². The third kappa shape index (κ3) is 12.5. The van der Waals surface area contributed by atoms with Crippen LogP contribution in [0, 0.1) is 0 Å². The summed E-state index contributed by atoms with van der Waals surface area (Å²) in [4.78, 5) is 0. The number of hydrogen-bond acceptors (Lipinski definition) is 7. The zero-order valence-corrected chi connectivity index (χ0v) is 22.6. The summed E-state index contributed by atoms with van der Waals surface area (Å²) in [5.74, 6) is 0. The van der Waals surface area contributed by atoms with Crippen molar-refractivity contribution in [3.63, 3.8) is 0 Å². The van der Waals surface area contributed by atoms with Crippen LogP contribution >= 0.6 is 0 Å². The highest BCUT2D eigenvalue weighted by atomic mass is 28.4. The molecule has 0 aliphatic rings. The second-order valence-corrected chi connectivity index (χ2v) is 11.4. The van der Waals surface area contributed by atoms with Crippen LogP contribution in [0.3, 0.4) is 0 Å². The Kier molecular flexibility index (Phi) is 20.5. The molecule has 0 saturated heterocycles. The Labute approximate surface area is 187 Å². The molecule has 30 heavy (non-hydrogen) atoms. The van der Waals surface area contributed by atoms with E-state index in [0.717, 1.165) is 12.0 Å². The van der Waals surface area contributed by atoms with Gasteiger partial charge >= 0.3 is 17.6 Å². The molecular weight excluding hydrogens is 420 g/mol. The van der Waals surface area contributed by atoms with Crippen LogP contribution in [0.15, 0.2) is 24.4 Å². The first-order valence-corrected chi connectivity index (χ1v) is 14.6. The third-order valence-electron chi connectivity index (χ3n) is 3.62. The summed E-state index contributed by atoms with van der Waals surface area (Å²) in [6, 6.07) is 0. The topological polar surface area (TPSA) is 64.6 Å². The second-order valence-electron chi connectivity index (χ2n) is 6.17. The van der Waals surface area contributed by atoms with E-state index >= 15 is 0 Å². The minimum absolute atomic E-state index is 0.131. The molecule has 0 aromatic heterocycles. The van der Waals surface area contributed by atoms with Crippen LogP contribution in [-0.2, 0) is 31.3 Å². The average Bonchev–Trinajstić information content (AvgIpc) is 2.70. The predicted octanol–water partition coefficient (Wildman–Crippen LogP) is 4.71. The fourth-order valence-corrected chi connectivity index (χ4v) is 7.24. The Bertz CT molecular complexity index is 402. The molecule has 0 aromatic carbocycles. The van der Waals surface area contributed by atoms with Gasteiger partial charge in [-0.3, -0.25) is 0 Å². The smallest absolute Gasteiger partial charge is 0.372 e. The minimum Gasteiger partial charge on any atom is -0.372 e. The second kappa shape index (κ2) is 19.3. The Morgan fingerprint density at radius 3 is 1.33 bits per heavy atom. The van der Waals surface area contributed by atoms with Crippen LogP contribution in [0.2, 0.25) is 0 Å². The molecule has 0 N–H and O–H groups in total. The summed E-state index contributed by atoms with van der Waals surface area (Å²) in [6.45, 7) is 27.1. The minimum atomic E-state index is -2.76. The Morgan fingerprint density at radius 2 is 1.10 bits per heavy atom. The maximum Gasteiger partial charge on any atom is 0.531 e. The predicted molar refractivity (Wildman–Crippen MR) is 126 cm³/mol. The first-order valence-electron chi connectivity index (χ1n) is 11.0. The van der Waals surface area contributed by atoms with Crippen molar-refractivity contribution in [2.75, 3.05) is 46.2 Å². The lowest BCUT2D eigenvalue weighted by atomic mass is 10.4. The zero-order chi connectivity index (χ0) is 23.5. The maximum atomic E-state index is 5.86. The highest BCUT2D eigenvalue weighted by molar-refractivity contribution is 6.66. The van der Waals surface area contributed by atoms with Gasteiger partial charge in [-0.1, -0.05) is 25.7 Å². The van der Waals surface area contributed by atoms with E-state index in [4.69, 9.17) is 31.3 Å². The third-order valence-corrected chi connectivity index (χ3v) is 9.63. The summed E-state index contributed by atoms with van der Waals surface area (Å²) in [7, 11) is -5.26. The lowest BCUT2D eigenvalue weighted by molar-refractivity contribution is -0.00508. The van der Waals surface area contributed by atoms with Gasteiger partial charge in [-0.15, -0.1) is 0 Å². The van der Waals surface area contributed by atoms with E-state index in [1.807, 2.05) is 48.5 Å². The molecule has 1 unspecified atom stereocenters. The molecule has 9 heteroatoms. The molecule has 0 rings (SSSR count). The Balaban J connectivity index is 0. The Hall–Kier alpha value is -0.366. The van der Waals surface area contributed by atoms with Crippen LogP contribution < -0.4 is 0 Å². The number of ether oxygens (including phenoxy) is 1. The van der Waals surface area contributed by atoms with Crippen molar-refractivity contribution < 1.29 is 31.3 Å². The van der Waals surface area contributed by atoms with E-state index in [0.29, 0.717) is 46.2 Å². The van der Waals surface area contributed by atoms with Crippen LogP contribution in [0.25, 0.3) is 0 Å². The molecule has 0 amide bonds. The quantitative estimate of drug-likeness (QED) is 0.214. The molecule has 0 aromatic rings. The normalized spacial score (nSPS) is 12.8. The molecular formula is C21H46O7Si2. The summed E-state index contributed by atoms with van der Waals surface area (Å²) in [6.07, 6.45) is 0.805. The average molecular weight is 467 g/mol. The van der Waals surface area contributed by atoms with E-state index in [2.05, 4.69) is 20.1 Å². The molecule has 0 fully saturated rings. The molecule has 1 atom stereocenters. The summed E-state index contributed by atoms with van der Waals surface area (Å²) < 4.78 is 39.7. The SMILES string of the molecule is C=C(C)COC(CC)[Si](OCC)(OCC)OCC.C=C[Si](OCC)(OCC)OCC. The lowest BCUT2D eigenvalue weighted by Crippen LogP contribution is -2.57. The van der Waals surface area contributed by atoms with Gasteiger partial charge < -0.3 is 31.3 Å². The van der Waals surface area contributed by atoms with E-state index in [1.165, 1.54) is 0 Å². The van der Waals surface area contributed by atoms with E-state index in [-0.39, 0.29) is 5.73 Å². The highest BCUT2D eigenvalue weighted by Gasteiger charge is 2.49. The summed E-state index contributed by atoms with van der Waals surface area (Å²) in [5, 5.41) is 0. The Morgan fingerprint density at radius 1 is 0.733 bits per heavy atom. The van der Waals surface area contributed by atoms with Gasteiger partial charge in [0.15, 0.2) is 0 Å². The molecule has 0 spiro atoms. The van der Waals surface area contributed by atoms with Crippen molar-refractivity contribution in [3.05, 3.63) is 24.4 Å². The zero-order valence-electron chi connectivity index (χ0n) is 20.6. The van der Waals surface area contributed by atoms with Crippen molar-refractivity contribution in [2.24, 2.45) is 0 Å². The standard InChI is InChI=1S/C13H28O4Si.C8H18O3Si/c1-7-13(14-11-12(5)6)18(15-8-2,16-9-3)17-10-4;1-5-9-12(8-4,10-6-2)11-7-3/h13H,5,7-11H2,1-4,6H3;8H,4-7H2,1-3H3. The number of hydrogen-bond donors (Lipinski definition) is 0. The molecule has 0 radical (unpaired) electrons. The fraction of sp³-hybridized carbons (Fsp3) is 0.810. The molecule has 0 saturated carbocycles. The van der Waals surface area contributed by atoms with Crippen LogP contribution in [0.1, 0.15) is 61.8 Å². The van der Waals surface area contributed by atoms with Gasteiger partial charge in [0.1, 0.15) is 5.73 Å². The molecule has 180 valence electrons. The van der Waals surface area contributed by atoms with Gasteiger partial charge in [-0.05, 0) is 60.6 Å². The van der Waals surface area contributed by atoms with E-state index < -0.39 is 17.6 Å². The summed E-state index contributed by atoms with van der Waals surface area (Å²) >= 11 is 0. The van der Waals surface area contributed by atoms with Crippen molar-refractivity contribution in [3.8, 4) is 0 Å². The monoisotopic (exact) mass is 466 g/mol. The van der Waals surface area contributed by atoms with Gasteiger partial charge in [0.05, 0.1) is 6.61 Å². The molecule has 0 aliphatic heterocycles. The maximum absolute atomic E-state index is 5.86. The molecule has 7 nitrogen and oxygen atoms in total. The van der Waals surface area contributed by atoms with Gasteiger partial charge in [0.25, 0.3) is 0 Å². The van der Waals surface area contributed by atoms with Gasteiger partial charge in [-0.2, -0.15) is 0 Å². The molecule has 0 aliphatic carbocycles. The van der Waals surface area contributed by atoms with E-state index in [1.54, 1.807) is 5.70 Å². The van der Waals surface area contributed by atoms with Gasteiger partial charge in [0, 0.05) is 39.6 Å². The first kappa shape index (κ1) is 31.8. The first-order chi connectivity index (χ1) is 14.3. The lowest BCUT2D eigenvalue weighted by Gasteiger charge is -2.34. The van der Waals surface area contributed by atoms with Crippen molar-refractivity contribution >= 4 is 17.6 Å². The van der Waals surface area contributed by atoms with Crippen LogP contribution in [0.5, 0.6) is 0 Å². The molecule has 0 bridgehead atoms. The summed E-state index contributed by atoms with van der Waals surface area (Å²) in [5.41, 5.74) is 2.53. The van der Waals surface area contributed by atoms with Crippen molar-refractivity contribution in [1.29, 1.82) is 0 Å². The van der Waals surface area contributed by atoms with Gasteiger partial charge in [0.2, 0.25) is 0 Å². The van der Waals surface area contributed by atoms with Crippen molar-refractivity contribution in [2.45, 2.75) is 67.5 Å². The molecule has 0 heterocycles. The van der Waals surface area contributed by atoms with Crippen molar-refractivity contribution in [1.82, 2.24) is 0 Å².